The third kappa shape index (κ3) is 3.60. The zero-order valence-electron chi connectivity index (χ0n) is 10.0. The minimum atomic E-state index is -0.0653. The van der Waals surface area contributed by atoms with Crippen LogP contribution in [0.15, 0.2) is 22.7 Å². The van der Waals surface area contributed by atoms with E-state index in [0.717, 1.165) is 24.0 Å². The van der Waals surface area contributed by atoms with Crippen LogP contribution < -0.4 is 15.4 Å². The molecule has 1 aromatic carbocycles. The summed E-state index contributed by atoms with van der Waals surface area (Å²) in [6.07, 6.45) is 0.979. The lowest BCUT2D eigenvalue weighted by atomic mass is 10.1. The van der Waals surface area contributed by atoms with Gasteiger partial charge in [-0.25, -0.2) is 0 Å². The lowest BCUT2D eigenvalue weighted by molar-refractivity contribution is 0.0939. The van der Waals surface area contributed by atoms with E-state index in [1.54, 1.807) is 13.2 Å². The second-order valence-electron chi connectivity index (χ2n) is 4.01. The molecule has 1 fully saturated rings. The molecule has 1 atom stereocenters. The van der Waals surface area contributed by atoms with Crippen molar-refractivity contribution in [1.82, 2.24) is 10.6 Å². The van der Waals surface area contributed by atoms with E-state index in [2.05, 4.69) is 26.6 Å². The van der Waals surface area contributed by atoms with E-state index in [9.17, 15) is 4.79 Å². The molecule has 1 unspecified atom stereocenters. The number of rotatable bonds is 3. The van der Waals surface area contributed by atoms with Gasteiger partial charge in [-0.3, -0.25) is 4.79 Å². The Balaban J connectivity index is 0.00000162. The molecule has 0 spiro atoms. The molecule has 1 heterocycles. The van der Waals surface area contributed by atoms with Gasteiger partial charge in [-0.05, 0) is 47.1 Å². The van der Waals surface area contributed by atoms with Crippen LogP contribution in [0.4, 0.5) is 0 Å². The molecule has 0 saturated carbocycles. The fourth-order valence-corrected chi connectivity index (χ4v) is 2.27. The van der Waals surface area contributed by atoms with Gasteiger partial charge >= 0.3 is 0 Å². The van der Waals surface area contributed by atoms with Gasteiger partial charge in [-0.15, -0.1) is 12.4 Å². The monoisotopic (exact) mass is 334 g/mol. The van der Waals surface area contributed by atoms with Gasteiger partial charge in [0.1, 0.15) is 5.75 Å². The summed E-state index contributed by atoms with van der Waals surface area (Å²) in [5, 5.41) is 6.22. The number of carbonyl (C=O) groups is 1. The van der Waals surface area contributed by atoms with E-state index < -0.39 is 0 Å². The number of nitrogens with one attached hydrogen (secondary N) is 2. The first kappa shape index (κ1) is 15.3. The lowest BCUT2D eigenvalue weighted by Gasteiger charge is -2.13. The highest BCUT2D eigenvalue weighted by Crippen LogP contribution is 2.22. The minimum Gasteiger partial charge on any atom is -0.497 e. The van der Waals surface area contributed by atoms with E-state index in [4.69, 9.17) is 4.74 Å². The van der Waals surface area contributed by atoms with Crippen molar-refractivity contribution in [2.75, 3.05) is 20.2 Å². The highest BCUT2D eigenvalue weighted by atomic mass is 79.9. The fraction of sp³-hybridized carbons (Fsp3) is 0.417. The maximum atomic E-state index is 12.1. The molecule has 0 bridgehead atoms. The van der Waals surface area contributed by atoms with Crippen molar-refractivity contribution < 1.29 is 9.53 Å². The summed E-state index contributed by atoms with van der Waals surface area (Å²) >= 11 is 3.38. The average Bonchev–Trinajstić information content (AvgIpc) is 2.82. The summed E-state index contributed by atoms with van der Waals surface area (Å²) < 4.78 is 5.90. The number of ether oxygens (including phenoxy) is 1. The maximum Gasteiger partial charge on any atom is 0.252 e. The number of hydrogen-bond acceptors (Lipinski definition) is 3. The van der Waals surface area contributed by atoms with Crippen molar-refractivity contribution in [3.8, 4) is 5.75 Å². The van der Waals surface area contributed by atoms with E-state index in [1.807, 2.05) is 12.1 Å². The third-order valence-corrected chi connectivity index (χ3v) is 3.51. The predicted molar refractivity (Wildman–Crippen MR) is 76.7 cm³/mol. The predicted octanol–water partition coefficient (Wildman–Crippen LogP) is 1.97. The molecule has 1 saturated heterocycles. The topological polar surface area (TPSA) is 50.4 Å². The van der Waals surface area contributed by atoms with E-state index >= 15 is 0 Å². The molecule has 2 N–H and O–H groups in total. The van der Waals surface area contributed by atoms with E-state index in [0.29, 0.717) is 11.3 Å². The van der Waals surface area contributed by atoms with Gasteiger partial charge in [-0.1, -0.05) is 0 Å². The highest BCUT2D eigenvalue weighted by molar-refractivity contribution is 9.10. The Morgan fingerprint density at radius 3 is 2.94 bits per heavy atom. The molecule has 1 amide bonds. The van der Waals surface area contributed by atoms with Gasteiger partial charge in [0.2, 0.25) is 0 Å². The maximum absolute atomic E-state index is 12.1. The Hall–Kier alpha value is -0.780. The second kappa shape index (κ2) is 6.97. The van der Waals surface area contributed by atoms with Gasteiger partial charge in [0.05, 0.1) is 12.7 Å². The van der Waals surface area contributed by atoms with Crippen molar-refractivity contribution in [3.05, 3.63) is 28.2 Å². The first-order chi connectivity index (χ1) is 8.20. The lowest BCUT2D eigenvalue weighted by Crippen LogP contribution is -2.36. The Morgan fingerprint density at radius 1 is 1.56 bits per heavy atom. The van der Waals surface area contributed by atoms with Crippen LogP contribution in [0.2, 0.25) is 0 Å². The number of amides is 1. The largest absolute Gasteiger partial charge is 0.497 e. The van der Waals surface area contributed by atoms with Crippen LogP contribution in [0.3, 0.4) is 0 Å². The molecule has 1 aliphatic heterocycles. The fourth-order valence-electron chi connectivity index (χ4n) is 1.85. The van der Waals surface area contributed by atoms with Gasteiger partial charge in [0.15, 0.2) is 0 Å². The first-order valence-electron chi connectivity index (χ1n) is 5.56. The Labute approximate surface area is 121 Å². The van der Waals surface area contributed by atoms with Gasteiger partial charge < -0.3 is 15.4 Å². The van der Waals surface area contributed by atoms with Gasteiger partial charge in [0, 0.05) is 17.1 Å². The Kier molecular flexibility index (Phi) is 5.91. The van der Waals surface area contributed by atoms with Crippen molar-refractivity contribution in [2.24, 2.45) is 0 Å². The van der Waals surface area contributed by atoms with Crippen LogP contribution >= 0.6 is 28.3 Å². The molecular formula is C12H16BrClN2O2. The number of methoxy groups -OCH3 is 1. The molecule has 0 aromatic heterocycles. The number of hydrogen-bond donors (Lipinski definition) is 2. The van der Waals surface area contributed by atoms with Crippen molar-refractivity contribution in [2.45, 2.75) is 12.5 Å². The van der Waals surface area contributed by atoms with Crippen LogP contribution in [-0.4, -0.2) is 32.1 Å². The molecule has 0 aliphatic carbocycles. The molecular weight excluding hydrogens is 320 g/mol. The van der Waals surface area contributed by atoms with Crippen LogP contribution in [-0.2, 0) is 0 Å². The molecule has 0 radical (unpaired) electrons. The number of halogens is 2. The summed E-state index contributed by atoms with van der Waals surface area (Å²) in [5.41, 5.74) is 0.608. The third-order valence-electron chi connectivity index (χ3n) is 2.81. The number of carbonyl (C=O) groups excluding carboxylic acids is 1. The second-order valence-corrected chi connectivity index (χ2v) is 4.86. The summed E-state index contributed by atoms with van der Waals surface area (Å²) in [4.78, 5) is 12.1. The van der Waals surface area contributed by atoms with Crippen LogP contribution in [0, 0.1) is 0 Å². The van der Waals surface area contributed by atoms with Crippen LogP contribution in [0.25, 0.3) is 0 Å². The molecule has 1 aromatic rings. The van der Waals surface area contributed by atoms with Crippen LogP contribution in [0.5, 0.6) is 5.75 Å². The smallest absolute Gasteiger partial charge is 0.252 e. The molecule has 100 valence electrons. The zero-order valence-corrected chi connectivity index (χ0v) is 12.4. The standard InChI is InChI=1S/C12H15BrN2O2.ClH/c1-17-9-2-3-11(13)10(6-9)12(16)15-8-4-5-14-7-8;/h2-3,6,8,14H,4-5,7H2,1H3,(H,15,16);1H. The minimum absolute atomic E-state index is 0. The summed E-state index contributed by atoms with van der Waals surface area (Å²) in [7, 11) is 1.59. The summed E-state index contributed by atoms with van der Waals surface area (Å²) in [6, 6.07) is 5.60. The normalized spacial score (nSPS) is 18.0. The summed E-state index contributed by atoms with van der Waals surface area (Å²) in [6.45, 7) is 1.80. The van der Waals surface area contributed by atoms with Crippen LogP contribution in [0.1, 0.15) is 16.8 Å². The molecule has 18 heavy (non-hydrogen) atoms. The van der Waals surface area contributed by atoms with E-state index in [1.165, 1.54) is 0 Å². The Morgan fingerprint density at radius 2 is 2.33 bits per heavy atom. The molecule has 1 aliphatic rings. The van der Waals surface area contributed by atoms with Gasteiger partial charge in [-0.2, -0.15) is 0 Å². The molecule has 4 nitrogen and oxygen atoms in total. The highest BCUT2D eigenvalue weighted by Gasteiger charge is 2.19. The quantitative estimate of drug-likeness (QED) is 0.888. The van der Waals surface area contributed by atoms with E-state index in [-0.39, 0.29) is 24.4 Å². The SMILES string of the molecule is COc1ccc(Br)c(C(=O)NC2CCNC2)c1.Cl. The van der Waals surface area contributed by atoms with Crippen molar-refractivity contribution >= 4 is 34.2 Å². The number of benzene rings is 1. The van der Waals surface area contributed by atoms with Crippen molar-refractivity contribution in [3.63, 3.8) is 0 Å². The van der Waals surface area contributed by atoms with Crippen molar-refractivity contribution in [1.29, 1.82) is 0 Å². The zero-order chi connectivity index (χ0) is 12.3. The molecule has 2 rings (SSSR count). The Bertz CT molecular complexity index is 423. The molecule has 6 heteroatoms. The first-order valence-corrected chi connectivity index (χ1v) is 6.35. The van der Waals surface area contributed by atoms with Gasteiger partial charge in [0.25, 0.3) is 5.91 Å². The average molecular weight is 336 g/mol. The summed E-state index contributed by atoms with van der Waals surface area (Å²) in [5.74, 6) is 0.618.